The predicted octanol–water partition coefficient (Wildman–Crippen LogP) is -0.0151. The number of hydrogen-bond acceptors (Lipinski definition) is 5. The predicted molar refractivity (Wildman–Crippen MR) is 67.8 cm³/mol. The summed E-state index contributed by atoms with van der Waals surface area (Å²) in [6.07, 6.45) is 2.43. The van der Waals surface area contributed by atoms with Crippen LogP contribution in [0, 0.1) is 0 Å². The molecule has 0 bridgehead atoms. The molecule has 0 aromatic carbocycles. The minimum atomic E-state index is -2.83. The standard InChI is InChI=1S/C10H25N3O2S/c1-4-16(14,15)9-5-6-10(12-11)7-8-13(2)3/h10,12H,4-9,11H2,1-3H3. The van der Waals surface area contributed by atoms with Crippen molar-refractivity contribution in [2.24, 2.45) is 5.84 Å². The quantitative estimate of drug-likeness (QED) is 0.445. The van der Waals surface area contributed by atoms with Crippen molar-refractivity contribution in [1.29, 1.82) is 0 Å². The van der Waals surface area contributed by atoms with Gasteiger partial charge < -0.3 is 4.90 Å². The van der Waals surface area contributed by atoms with Crippen LogP contribution in [0.4, 0.5) is 0 Å². The normalized spacial score (nSPS) is 14.3. The van der Waals surface area contributed by atoms with Crippen molar-refractivity contribution in [3.63, 3.8) is 0 Å². The lowest BCUT2D eigenvalue weighted by molar-refractivity contribution is 0.350. The molecule has 0 saturated carbocycles. The van der Waals surface area contributed by atoms with E-state index in [0.29, 0.717) is 6.42 Å². The van der Waals surface area contributed by atoms with Crippen molar-refractivity contribution in [3.05, 3.63) is 0 Å². The second kappa shape index (κ2) is 8.00. The number of hydrogen-bond donors (Lipinski definition) is 2. The second-order valence-corrected chi connectivity index (χ2v) is 6.81. The summed E-state index contributed by atoms with van der Waals surface area (Å²) >= 11 is 0. The molecule has 0 aliphatic carbocycles. The third-order valence-corrected chi connectivity index (χ3v) is 4.40. The highest BCUT2D eigenvalue weighted by molar-refractivity contribution is 7.91. The van der Waals surface area contributed by atoms with E-state index in [2.05, 4.69) is 10.3 Å². The fourth-order valence-electron chi connectivity index (χ4n) is 1.42. The SMILES string of the molecule is CCS(=O)(=O)CCCC(CCN(C)C)NN. The number of nitrogens with zero attached hydrogens (tertiary/aromatic N) is 1. The van der Waals surface area contributed by atoms with Crippen LogP contribution in [-0.4, -0.2) is 51.5 Å². The Balaban J connectivity index is 3.79. The Kier molecular flexibility index (Phi) is 7.91. The smallest absolute Gasteiger partial charge is 0.150 e. The van der Waals surface area contributed by atoms with Gasteiger partial charge in [-0.25, -0.2) is 8.42 Å². The molecule has 0 fully saturated rings. The van der Waals surface area contributed by atoms with Gasteiger partial charge in [-0.15, -0.1) is 0 Å². The Morgan fingerprint density at radius 1 is 1.31 bits per heavy atom. The summed E-state index contributed by atoms with van der Waals surface area (Å²) in [6.45, 7) is 2.63. The van der Waals surface area contributed by atoms with E-state index in [1.165, 1.54) is 0 Å². The van der Waals surface area contributed by atoms with Crippen molar-refractivity contribution < 1.29 is 8.42 Å². The molecule has 0 rings (SSSR count). The van der Waals surface area contributed by atoms with E-state index >= 15 is 0 Å². The molecule has 6 heteroatoms. The summed E-state index contributed by atoms with van der Waals surface area (Å²) in [4.78, 5) is 2.09. The molecular formula is C10H25N3O2S. The first kappa shape index (κ1) is 15.8. The summed E-state index contributed by atoms with van der Waals surface area (Å²) < 4.78 is 22.6. The van der Waals surface area contributed by atoms with Gasteiger partial charge in [0.15, 0.2) is 0 Å². The van der Waals surface area contributed by atoms with Crippen molar-refractivity contribution in [3.8, 4) is 0 Å². The van der Waals surface area contributed by atoms with E-state index in [1.54, 1.807) is 6.92 Å². The minimum absolute atomic E-state index is 0.203. The highest BCUT2D eigenvalue weighted by atomic mass is 32.2. The zero-order valence-electron chi connectivity index (χ0n) is 10.6. The van der Waals surface area contributed by atoms with E-state index in [1.807, 2.05) is 14.1 Å². The van der Waals surface area contributed by atoms with Crippen molar-refractivity contribution >= 4 is 9.84 Å². The number of nitrogens with two attached hydrogens (primary N) is 1. The molecule has 0 spiro atoms. The van der Waals surface area contributed by atoms with Crippen molar-refractivity contribution in [1.82, 2.24) is 10.3 Å². The average molecular weight is 251 g/mol. The molecule has 0 saturated heterocycles. The van der Waals surface area contributed by atoms with Gasteiger partial charge in [0, 0.05) is 11.8 Å². The summed E-state index contributed by atoms with van der Waals surface area (Å²) in [5, 5.41) is 0. The first-order valence-corrected chi connectivity index (χ1v) is 7.54. The number of sulfone groups is 1. The molecule has 1 unspecified atom stereocenters. The van der Waals surface area contributed by atoms with E-state index < -0.39 is 9.84 Å². The second-order valence-electron chi connectivity index (χ2n) is 4.33. The monoisotopic (exact) mass is 251 g/mol. The third kappa shape index (κ3) is 8.04. The van der Waals surface area contributed by atoms with E-state index in [0.717, 1.165) is 19.4 Å². The molecule has 0 aromatic rings. The van der Waals surface area contributed by atoms with Crippen LogP contribution in [0.2, 0.25) is 0 Å². The summed E-state index contributed by atoms with van der Waals surface area (Å²) in [6, 6.07) is 0.203. The van der Waals surface area contributed by atoms with Gasteiger partial charge >= 0.3 is 0 Å². The molecule has 3 N–H and O–H groups in total. The van der Waals surface area contributed by atoms with E-state index in [4.69, 9.17) is 5.84 Å². The zero-order valence-corrected chi connectivity index (χ0v) is 11.4. The summed E-state index contributed by atoms with van der Waals surface area (Å²) in [5.74, 6) is 5.92. The topological polar surface area (TPSA) is 75.4 Å². The molecule has 0 amide bonds. The van der Waals surface area contributed by atoms with E-state index in [-0.39, 0.29) is 17.5 Å². The van der Waals surface area contributed by atoms with E-state index in [9.17, 15) is 8.42 Å². The van der Waals surface area contributed by atoms with Gasteiger partial charge in [-0.1, -0.05) is 6.92 Å². The maximum Gasteiger partial charge on any atom is 0.150 e. The lowest BCUT2D eigenvalue weighted by Crippen LogP contribution is -2.37. The Morgan fingerprint density at radius 3 is 2.38 bits per heavy atom. The van der Waals surface area contributed by atoms with Gasteiger partial charge in [-0.2, -0.15) is 0 Å². The van der Waals surface area contributed by atoms with Crippen LogP contribution in [0.25, 0.3) is 0 Å². The van der Waals surface area contributed by atoms with Crippen LogP contribution in [0.3, 0.4) is 0 Å². The van der Waals surface area contributed by atoms with Gasteiger partial charge in [0.25, 0.3) is 0 Å². The van der Waals surface area contributed by atoms with Crippen LogP contribution in [0.5, 0.6) is 0 Å². The zero-order chi connectivity index (χ0) is 12.6. The van der Waals surface area contributed by atoms with Gasteiger partial charge in [-0.3, -0.25) is 11.3 Å². The maximum absolute atomic E-state index is 11.3. The lowest BCUT2D eigenvalue weighted by Gasteiger charge is -2.18. The van der Waals surface area contributed by atoms with Crippen LogP contribution >= 0.6 is 0 Å². The molecule has 98 valence electrons. The summed E-state index contributed by atoms with van der Waals surface area (Å²) in [7, 11) is 1.18. The molecule has 1 atom stereocenters. The lowest BCUT2D eigenvalue weighted by atomic mass is 10.1. The van der Waals surface area contributed by atoms with Crippen molar-refractivity contribution in [2.45, 2.75) is 32.2 Å². The summed E-state index contributed by atoms with van der Waals surface area (Å²) in [5.41, 5.74) is 2.74. The van der Waals surface area contributed by atoms with Crippen LogP contribution < -0.4 is 11.3 Å². The number of rotatable bonds is 9. The maximum atomic E-state index is 11.3. The van der Waals surface area contributed by atoms with Gasteiger partial charge in [0.2, 0.25) is 0 Å². The number of hydrazine groups is 1. The molecule has 0 aliphatic rings. The molecule has 0 aliphatic heterocycles. The Morgan fingerprint density at radius 2 is 1.94 bits per heavy atom. The first-order chi connectivity index (χ1) is 7.41. The van der Waals surface area contributed by atoms with Crippen LogP contribution in [-0.2, 0) is 9.84 Å². The van der Waals surface area contributed by atoms with Crippen molar-refractivity contribution in [2.75, 3.05) is 32.1 Å². The Bertz CT molecular complexity index is 265. The molecular weight excluding hydrogens is 226 g/mol. The first-order valence-electron chi connectivity index (χ1n) is 5.72. The third-order valence-electron chi connectivity index (χ3n) is 2.61. The van der Waals surface area contributed by atoms with Gasteiger partial charge in [0.05, 0.1) is 5.75 Å². The van der Waals surface area contributed by atoms with Crippen LogP contribution in [0.1, 0.15) is 26.2 Å². The highest BCUT2D eigenvalue weighted by Gasteiger charge is 2.11. The molecule has 0 radical (unpaired) electrons. The Hall–Kier alpha value is -0.170. The minimum Gasteiger partial charge on any atom is -0.309 e. The fraction of sp³-hybridized carbons (Fsp3) is 1.00. The van der Waals surface area contributed by atoms with Crippen LogP contribution in [0.15, 0.2) is 0 Å². The Labute approximate surface area is 99.3 Å². The molecule has 0 heterocycles. The van der Waals surface area contributed by atoms with Gasteiger partial charge in [0.1, 0.15) is 9.84 Å². The largest absolute Gasteiger partial charge is 0.309 e. The molecule has 5 nitrogen and oxygen atoms in total. The fourth-order valence-corrected chi connectivity index (χ4v) is 2.31. The average Bonchev–Trinajstić information content (AvgIpc) is 2.22. The molecule has 16 heavy (non-hydrogen) atoms. The highest BCUT2D eigenvalue weighted by Crippen LogP contribution is 2.04. The molecule has 0 aromatic heterocycles. The van der Waals surface area contributed by atoms with Gasteiger partial charge in [-0.05, 0) is 39.9 Å². The number of nitrogens with one attached hydrogen (secondary N) is 1.